The third-order valence-corrected chi connectivity index (χ3v) is 3.24. The number of rotatable bonds is 2. The third kappa shape index (κ3) is 2.78. The summed E-state index contributed by atoms with van der Waals surface area (Å²) < 4.78 is 5.21. The first-order valence-corrected chi connectivity index (χ1v) is 6.16. The standard InChI is InChI=1S/C12H12N2O2S/c13-9-17-11-4-2-1-3-10(11)12(15)14-5-7-16-8-6-14/h1-4H,5-8H2. The Labute approximate surface area is 104 Å². The molecule has 1 aromatic carbocycles. The van der Waals surface area contributed by atoms with Gasteiger partial charge in [-0.1, -0.05) is 12.1 Å². The predicted molar refractivity (Wildman–Crippen MR) is 64.6 cm³/mol. The van der Waals surface area contributed by atoms with Crippen LogP contribution in [-0.4, -0.2) is 37.1 Å². The second-order valence-electron chi connectivity index (χ2n) is 3.59. The van der Waals surface area contributed by atoms with Crippen molar-refractivity contribution in [2.45, 2.75) is 4.90 Å². The molecule has 0 unspecified atom stereocenters. The molecule has 1 heterocycles. The molecule has 1 fully saturated rings. The van der Waals surface area contributed by atoms with E-state index in [1.165, 1.54) is 0 Å². The maximum atomic E-state index is 12.2. The van der Waals surface area contributed by atoms with Crippen molar-refractivity contribution in [3.8, 4) is 5.40 Å². The van der Waals surface area contributed by atoms with Gasteiger partial charge in [-0.3, -0.25) is 4.79 Å². The number of nitrogens with zero attached hydrogens (tertiary/aromatic N) is 2. The quantitative estimate of drug-likeness (QED) is 0.591. The normalized spacial score (nSPS) is 15.4. The van der Waals surface area contributed by atoms with Crippen LogP contribution < -0.4 is 0 Å². The van der Waals surface area contributed by atoms with Crippen LogP contribution in [0.5, 0.6) is 0 Å². The molecule has 1 aliphatic heterocycles. The number of hydrogen-bond acceptors (Lipinski definition) is 4. The Morgan fingerprint density at radius 3 is 2.76 bits per heavy atom. The minimum atomic E-state index is -0.0216. The lowest BCUT2D eigenvalue weighted by atomic mass is 10.2. The maximum absolute atomic E-state index is 12.2. The van der Waals surface area contributed by atoms with Crippen LogP contribution >= 0.6 is 11.8 Å². The Morgan fingerprint density at radius 1 is 1.35 bits per heavy atom. The molecule has 0 N–H and O–H groups in total. The van der Waals surface area contributed by atoms with Crippen molar-refractivity contribution in [3.05, 3.63) is 29.8 Å². The van der Waals surface area contributed by atoms with Gasteiger partial charge in [0.2, 0.25) is 0 Å². The minimum absolute atomic E-state index is 0.0216. The van der Waals surface area contributed by atoms with Gasteiger partial charge in [-0.25, -0.2) is 0 Å². The summed E-state index contributed by atoms with van der Waals surface area (Å²) in [5, 5.41) is 10.7. The molecule has 1 aliphatic rings. The highest BCUT2D eigenvalue weighted by atomic mass is 32.2. The van der Waals surface area contributed by atoms with Gasteiger partial charge in [0.15, 0.2) is 0 Å². The summed E-state index contributed by atoms with van der Waals surface area (Å²) in [4.78, 5) is 14.7. The number of thiocyanates is 1. The van der Waals surface area contributed by atoms with Crippen LogP contribution in [0.2, 0.25) is 0 Å². The first-order chi connectivity index (χ1) is 8.33. The van der Waals surface area contributed by atoms with Gasteiger partial charge in [0, 0.05) is 18.0 Å². The molecule has 1 saturated heterocycles. The minimum Gasteiger partial charge on any atom is -0.378 e. The molecule has 0 radical (unpaired) electrons. The second kappa shape index (κ2) is 5.71. The third-order valence-electron chi connectivity index (χ3n) is 2.57. The topological polar surface area (TPSA) is 53.3 Å². The molecule has 2 rings (SSSR count). The van der Waals surface area contributed by atoms with E-state index in [9.17, 15) is 4.79 Å². The lowest BCUT2D eigenvalue weighted by Crippen LogP contribution is -2.40. The number of hydrogen-bond donors (Lipinski definition) is 0. The Bertz CT molecular complexity index is 450. The molecule has 0 aliphatic carbocycles. The summed E-state index contributed by atoms with van der Waals surface area (Å²) >= 11 is 1.02. The van der Waals surface area contributed by atoms with Crippen LogP contribution in [0.25, 0.3) is 0 Å². The molecule has 0 spiro atoms. The molecule has 0 bridgehead atoms. The molecule has 5 heteroatoms. The monoisotopic (exact) mass is 248 g/mol. The lowest BCUT2D eigenvalue weighted by molar-refractivity contribution is 0.0300. The van der Waals surface area contributed by atoms with Gasteiger partial charge in [-0.15, -0.1) is 0 Å². The summed E-state index contributed by atoms with van der Waals surface area (Å²) in [6, 6.07) is 7.20. The van der Waals surface area contributed by atoms with Gasteiger partial charge in [0.1, 0.15) is 5.40 Å². The molecular formula is C12H12N2O2S. The van der Waals surface area contributed by atoms with Crippen LogP contribution in [0.1, 0.15) is 10.4 Å². The zero-order chi connectivity index (χ0) is 12.1. The van der Waals surface area contributed by atoms with Gasteiger partial charge in [0.05, 0.1) is 18.8 Å². The zero-order valence-electron chi connectivity index (χ0n) is 9.26. The highest BCUT2D eigenvalue weighted by molar-refractivity contribution is 8.03. The second-order valence-corrected chi connectivity index (χ2v) is 4.42. The highest BCUT2D eigenvalue weighted by Gasteiger charge is 2.20. The van der Waals surface area contributed by atoms with E-state index in [0.29, 0.717) is 36.8 Å². The number of nitriles is 1. The van der Waals surface area contributed by atoms with Crippen LogP contribution in [-0.2, 0) is 4.74 Å². The Hall–Kier alpha value is -1.51. The van der Waals surface area contributed by atoms with Crippen LogP contribution in [0.4, 0.5) is 0 Å². The molecular weight excluding hydrogens is 236 g/mol. The van der Waals surface area contributed by atoms with Gasteiger partial charge >= 0.3 is 0 Å². The fourth-order valence-corrected chi connectivity index (χ4v) is 2.23. The smallest absolute Gasteiger partial charge is 0.255 e. The average Bonchev–Trinajstić information content (AvgIpc) is 2.40. The van der Waals surface area contributed by atoms with E-state index in [1.54, 1.807) is 17.0 Å². The van der Waals surface area contributed by atoms with E-state index in [2.05, 4.69) is 0 Å². The number of amides is 1. The van der Waals surface area contributed by atoms with Crippen LogP contribution in [0.3, 0.4) is 0 Å². The lowest BCUT2D eigenvalue weighted by Gasteiger charge is -2.27. The van der Waals surface area contributed by atoms with Crippen molar-refractivity contribution >= 4 is 17.7 Å². The van der Waals surface area contributed by atoms with E-state index in [4.69, 9.17) is 10.00 Å². The number of morpholine rings is 1. The zero-order valence-corrected chi connectivity index (χ0v) is 10.1. The summed E-state index contributed by atoms with van der Waals surface area (Å²) in [5.41, 5.74) is 0.598. The number of ether oxygens (including phenoxy) is 1. The highest BCUT2D eigenvalue weighted by Crippen LogP contribution is 2.23. The Balaban J connectivity index is 2.20. The number of benzene rings is 1. The van der Waals surface area contributed by atoms with Gasteiger partial charge in [-0.05, 0) is 23.9 Å². The van der Waals surface area contributed by atoms with Crippen LogP contribution in [0, 0.1) is 10.7 Å². The molecule has 4 nitrogen and oxygen atoms in total. The van der Waals surface area contributed by atoms with Crippen molar-refractivity contribution in [3.63, 3.8) is 0 Å². The van der Waals surface area contributed by atoms with Crippen molar-refractivity contribution in [2.24, 2.45) is 0 Å². The number of carbonyl (C=O) groups excluding carboxylic acids is 1. The first kappa shape index (κ1) is 12.0. The predicted octanol–water partition coefficient (Wildman–Crippen LogP) is 1.73. The molecule has 0 aromatic heterocycles. The molecule has 0 atom stereocenters. The van der Waals surface area contributed by atoms with Gasteiger partial charge in [0.25, 0.3) is 5.91 Å². The largest absolute Gasteiger partial charge is 0.378 e. The average molecular weight is 248 g/mol. The van der Waals surface area contributed by atoms with E-state index in [-0.39, 0.29) is 5.91 Å². The van der Waals surface area contributed by atoms with Crippen molar-refractivity contribution in [2.75, 3.05) is 26.3 Å². The van der Waals surface area contributed by atoms with Crippen molar-refractivity contribution in [1.82, 2.24) is 4.90 Å². The van der Waals surface area contributed by atoms with E-state index in [1.807, 2.05) is 17.5 Å². The molecule has 0 saturated carbocycles. The summed E-state index contributed by atoms with van der Waals surface area (Å²) in [6.45, 7) is 2.40. The Morgan fingerprint density at radius 2 is 2.06 bits per heavy atom. The SMILES string of the molecule is N#CSc1ccccc1C(=O)N1CCOCC1. The maximum Gasteiger partial charge on any atom is 0.255 e. The van der Waals surface area contributed by atoms with Crippen molar-refractivity contribution < 1.29 is 9.53 Å². The van der Waals surface area contributed by atoms with Crippen LogP contribution in [0.15, 0.2) is 29.2 Å². The summed E-state index contributed by atoms with van der Waals surface area (Å²) in [6.07, 6.45) is 0. The molecule has 1 aromatic rings. The summed E-state index contributed by atoms with van der Waals surface area (Å²) in [7, 11) is 0. The van der Waals surface area contributed by atoms with E-state index >= 15 is 0 Å². The Kier molecular flexibility index (Phi) is 4.02. The van der Waals surface area contributed by atoms with E-state index < -0.39 is 0 Å². The molecule has 1 amide bonds. The fourth-order valence-electron chi connectivity index (χ4n) is 1.72. The van der Waals surface area contributed by atoms with E-state index in [0.717, 1.165) is 11.8 Å². The molecule has 17 heavy (non-hydrogen) atoms. The first-order valence-electron chi connectivity index (χ1n) is 5.35. The molecule has 88 valence electrons. The van der Waals surface area contributed by atoms with Crippen molar-refractivity contribution in [1.29, 1.82) is 5.26 Å². The summed E-state index contributed by atoms with van der Waals surface area (Å²) in [5.74, 6) is -0.0216. The van der Waals surface area contributed by atoms with Gasteiger partial charge < -0.3 is 9.64 Å². The fraction of sp³-hybridized carbons (Fsp3) is 0.333. The van der Waals surface area contributed by atoms with Gasteiger partial charge in [-0.2, -0.15) is 5.26 Å². The number of carbonyl (C=O) groups is 1. The number of thioether (sulfide) groups is 1.